The Hall–Kier alpha value is -1.23. The zero-order valence-electron chi connectivity index (χ0n) is 10.9. The van der Waals surface area contributed by atoms with Crippen molar-refractivity contribution in [1.82, 2.24) is 0 Å². The Morgan fingerprint density at radius 3 is 2.75 bits per heavy atom. The van der Waals surface area contributed by atoms with Crippen molar-refractivity contribution in [1.29, 1.82) is 0 Å². The van der Waals surface area contributed by atoms with Crippen LogP contribution in [0.25, 0.3) is 0 Å². The molecule has 1 aliphatic heterocycles. The lowest BCUT2D eigenvalue weighted by molar-refractivity contribution is 0.134. The number of nitrogens with two attached hydrogens (primary N) is 1. The smallest absolute Gasteiger partial charge is 0.124 e. The minimum absolute atomic E-state index is 0.144. The number of hydrogen-bond donors (Lipinski definition) is 1. The largest absolute Gasteiger partial charge is 0.372 e. The molecular weight excluding hydrogens is 321 g/mol. The monoisotopic (exact) mass is 335 g/mol. The molecule has 0 saturated carbocycles. The van der Waals surface area contributed by atoms with E-state index in [0.717, 1.165) is 15.6 Å². The van der Waals surface area contributed by atoms with Gasteiger partial charge in [-0.15, -0.1) is 0 Å². The Kier molecular flexibility index (Phi) is 3.87. The molecular formula is C16H15BrFNO. The molecule has 0 amide bonds. The molecule has 2 N–H and O–H groups in total. The van der Waals surface area contributed by atoms with Gasteiger partial charge in [0.2, 0.25) is 0 Å². The fourth-order valence-corrected chi connectivity index (χ4v) is 3.04. The second-order valence-corrected chi connectivity index (χ2v) is 6.02. The van der Waals surface area contributed by atoms with Crippen molar-refractivity contribution in [3.8, 4) is 0 Å². The van der Waals surface area contributed by atoms with Gasteiger partial charge < -0.3 is 10.5 Å². The number of rotatable bonds is 3. The van der Waals surface area contributed by atoms with E-state index >= 15 is 0 Å². The van der Waals surface area contributed by atoms with Crippen LogP contribution in [0.15, 0.2) is 40.9 Å². The second kappa shape index (κ2) is 5.64. The molecule has 2 aromatic rings. The van der Waals surface area contributed by atoms with Gasteiger partial charge in [0.05, 0.1) is 13.2 Å². The van der Waals surface area contributed by atoms with Gasteiger partial charge in [0.1, 0.15) is 5.82 Å². The summed E-state index contributed by atoms with van der Waals surface area (Å²) in [6, 6.07) is 10.9. The van der Waals surface area contributed by atoms with Gasteiger partial charge >= 0.3 is 0 Å². The maximum atomic E-state index is 13.4. The van der Waals surface area contributed by atoms with Crippen LogP contribution in [-0.4, -0.2) is 0 Å². The molecule has 20 heavy (non-hydrogen) atoms. The molecule has 1 aliphatic rings. The topological polar surface area (TPSA) is 35.2 Å². The lowest BCUT2D eigenvalue weighted by atomic mass is 9.96. The molecule has 2 aromatic carbocycles. The number of hydrogen-bond acceptors (Lipinski definition) is 2. The third-order valence-electron chi connectivity index (χ3n) is 3.55. The van der Waals surface area contributed by atoms with Crippen LogP contribution in [0, 0.1) is 5.82 Å². The highest BCUT2D eigenvalue weighted by atomic mass is 79.9. The molecule has 3 rings (SSSR count). The lowest BCUT2D eigenvalue weighted by Crippen LogP contribution is -2.13. The van der Waals surface area contributed by atoms with E-state index < -0.39 is 0 Å². The van der Waals surface area contributed by atoms with Crippen LogP contribution in [0.3, 0.4) is 0 Å². The molecule has 0 spiro atoms. The fourth-order valence-electron chi connectivity index (χ4n) is 2.52. The minimum Gasteiger partial charge on any atom is -0.372 e. The van der Waals surface area contributed by atoms with E-state index in [9.17, 15) is 4.39 Å². The zero-order chi connectivity index (χ0) is 14.1. The van der Waals surface area contributed by atoms with Crippen molar-refractivity contribution in [3.63, 3.8) is 0 Å². The van der Waals surface area contributed by atoms with Crippen molar-refractivity contribution in [2.75, 3.05) is 0 Å². The molecule has 2 nitrogen and oxygen atoms in total. The van der Waals surface area contributed by atoms with Crippen molar-refractivity contribution < 1.29 is 9.13 Å². The SMILES string of the molecule is NC(Cc1cc(F)cc(Br)c1)c1ccc2c(c1)COC2. The van der Waals surface area contributed by atoms with Gasteiger partial charge in [-0.2, -0.15) is 0 Å². The third-order valence-corrected chi connectivity index (χ3v) is 4.01. The summed E-state index contributed by atoms with van der Waals surface area (Å²) in [6.45, 7) is 1.34. The van der Waals surface area contributed by atoms with E-state index in [1.807, 2.05) is 12.1 Å². The summed E-state index contributed by atoms with van der Waals surface area (Å²) in [6.07, 6.45) is 0.607. The number of benzene rings is 2. The van der Waals surface area contributed by atoms with Crippen LogP contribution in [0.5, 0.6) is 0 Å². The molecule has 104 valence electrons. The molecule has 1 heterocycles. The van der Waals surface area contributed by atoms with Crippen LogP contribution in [0.1, 0.15) is 28.3 Å². The van der Waals surface area contributed by atoms with Crippen molar-refractivity contribution >= 4 is 15.9 Å². The van der Waals surface area contributed by atoms with Gasteiger partial charge in [0, 0.05) is 10.5 Å². The van der Waals surface area contributed by atoms with Crippen LogP contribution in [-0.2, 0) is 24.4 Å². The third kappa shape index (κ3) is 2.92. The first-order valence-electron chi connectivity index (χ1n) is 6.52. The summed E-state index contributed by atoms with van der Waals surface area (Å²) in [5.41, 5.74) is 10.6. The fraction of sp³-hybridized carbons (Fsp3) is 0.250. The highest BCUT2D eigenvalue weighted by molar-refractivity contribution is 9.10. The van der Waals surface area contributed by atoms with Crippen LogP contribution < -0.4 is 5.73 Å². The average Bonchev–Trinajstić information content (AvgIpc) is 2.84. The molecule has 0 fully saturated rings. The molecule has 0 saturated heterocycles. The Morgan fingerprint density at radius 1 is 1.15 bits per heavy atom. The Labute approximate surface area is 125 Å². The summed E-state index contributed by atoms with van der Waals surface area (Å²) in [7, 11) is 0. The number of fused-ring (bicyclic) bond motifs is 1. The van der Waals surface area contributed by atoms with Gasteiger partial charge in [0.15, 0.2) is 0 Å². The van der Waals surface area contributed by atoms with Gasteiger partial charge in [0.25, 0.3) is 0 Å². The van der Waals surface area contributed by atoms with Crippen LogP contribution >= 0.6 is 15.9 Å². The first kappa shape index (κ1) is 13.7. The average molecular weight is 336 g/mol. The maximum absolute atomic E-state index is 13.4. The predicted octanol–water partition coefficient (Wildman–Crippen LogP) is 3.86. The lowest BCUT2D eigenvalue weighted by Gasteiger charge is -2.14. The maximum Gasteiger partial charge on any atom is 0.124 e. The predicted molar refractivity (Wildman–Crippen MR) is 79.7 cm³/mol. The van der Waals surface area contributed by atoms with E-state index in [-0.39, 0.29) is 11.9 Å². The highest BCUT2D eigenvalue weighted by Gasteiger charge is 2.14. The van der Waals surface area contributed by atoms with Crippen molar-refractivity contribution in [2.45, 2.75) is 25.7 Å². The van der Waals surface area contributed by atoms with E-state index in [1.54, 1.807) is 0 Å². The van der Waals surface area contributed by atoms with E-state index in [2.05, 4.69) is 28.1 Å². The molecule has 0 aliphatic carbocycles. The van der Waals surface area contributed by atoms with Crippen molar-refractivity contribution in [2.24, 2.45) is 5.73 Å². The molecule has 0 aromatic heterocycles. The molecule has 1 unspecified atom stereocenters. The molecule has 1 atom stereocenters. The summed E-state index contributed by atoms with van der Waals surface area (Å²) < 4.78 is 19.5. The first-order chi connectivity index (χ1) is 9.61. The van der Waals surface area contributed by atoms with Crippen LogP contribution in [0.2, 0.25) is 0 Å². The molecule has 4 heteroatoms. The standard InChI is InChI=1S/C16H15BrFNO/c17-14-3-10(4-15(18)7-14)5-16(19)11-1-2-12-8-20-9-13(12)6-11/h1-4,6-7,16H,5,8-9,19H2. The molecule has 0 bridgehead atoms. The van der Waals surface area contributed by atoms with E-state index in [0.29, 0.717) is 19.6 Å². The summed E-state index contributed by atoms with van der Waals surface area (Å²) in [4.78, 5) is 0. The zero-order valence-corrected chi connectivity index (χ0v) is 12.5. The minimum atomic E-state index is -0.246. The van der Waals surface area contributed by atoms with E-state index in [1.165, 1.54) is 23.3 Å². The van der Waals surface area contributed by atoms with E-state index in [4.69, 9.17) is 10.5 Å². The second-order valence-electron chi connectivity index (χ2n) is 5.11. The van der Waals surface area contributed by atoms with Gasteiger partial charge in [-0.05, 0) is 46.9 Å². The Bertz CT molecular complexity index is 624. The Balaban J connectivity index is 1.80. The van der Waals surface area contributed by atoms with Gasteiger partial charge in [-0.25, -0.2) is 4.39 Å². The highest BCUT2D eigenvalue weighted by Crippen LogP contribution is 2.25. The number of ether oxygens (including phenoxy) is 1. The molecule has 0 radical (unpaired) electrons. The Morgan fingerprint density at radius 2 is 1.95 bits per heavy atom. The number of halogens is 2. The first-order valence-corrected chi connectivity index (χ1v) is 7.31. The summed E-state index contributed by atoms with van der Waals surface area (Å²) in [5, 5.41) is 0. The summed E-state index contributed by atoms with van der Waals surface area (Å²) in [5.74, 6) is -0.246. The van der Waals surface area contributed by atoms with Gasteiger partial charge in [-0.3, -0.25) is 0 Å². The quantitative estimate of drug-likeness (QED) is 0.924. The van der Waals surface area contributed by atoms with Gasteiger partial charge in [-0.1, -0.05) is 34.1 Å². The van der Waals surface area contributed by atoms with Crippen LogP contribution in [0.4, 0.5) is 4.39 Å². The normalized spacial score (nSPS) is 15.2. The van der Waals surface area contributed by atoms with Crippen molar-refractivity contribution in [3.05, 3.63) is 68.9 Å². The summed E-state index contributed by atoms with van der Waals surface area (Å²) >= 11 is 3.30.